The summed E-state index contributed by atoms with van der Waals surface area (Å²) in [5.74, 6) is 1.83. The molecule has 106 valence electrons. The van der Waals surface area contributed by atoms with E-state index in [1.165, 1.54) is 32.1 Å². The van der Waals surface area contributed by atoms with E-state index in [2.05, 4.69) is 11.0 Å². The average molecular weight is 277 g/mol. The van der Waals surface area contributed by atoms with Gasteiger partial charge in [0.2, 0.25) is 0 Å². The van der Waals surface area contributed by atoms with Crippen molar-refractivity contribution in [1.82, 2.24) is 4.98 Å². The highest BCUT2D eigenvalue weighted by molar-refractivity contribution is 5.86. The van der Waals surface area contributed by atoms with Gasteiger partial charge in [-0.25, -0.2) is 4.98 Å². The largest absolute Gasteiger partial charge is 0.353 e. The van der Waals surface area contributed by atoms with Crippen molar-refractivity contribution in [2.24, 2.45) is 5.92 Å². The molecule has 2 aromatic rings. The first-order valence-corrected chi connectivity index (χ1v) is 7.93. The van der Waals surface area contributed by atoms with Crippen LogP contribution in [-0.4, -0.2) is 17.6 Å². The standard InChI is InChI=1S/C18H19N3/c19-12-14-11-18(20-16-8-2-1-7-15(14)16)21-10-4-6-13-5-3-9-17(13)21/h1-2,7-8,11,13,17H,3-6,9-10H2. The number of rotatable bonds is 1. The third kappa shape index (κ3) is 2.06. The Morgan fingerprint density at radius 2 is 2.00 bits per heavy atom. The molecule has 1 saturated heterocycles. The first kappa shape index (κ1) is 12.6. The minimum atomic E-state index is 0.638. The maximum Gasteiger partial charge on any atom is 0.130 e. The van der Waals surface area contributed by atoms with Crippen molar-refractivity contribution in [2.75, 3.05) is 11.4 Å². The molecule has 0 bridgehead atoms. The van der Waals surface area contributed by atoms with Gasteiger partial charge >= 0.3 is 0 Å². The number of piperidine rings is 1. The number of anilines is 1. The lowest BCUT2D eigenvalue weighted by Gasteiger charge is -2.38. The quantitative estimate of drug-likeness (QED) is 0.794. The highest BCUT2D eigenvalue weighted by Gasteiger charge is 2.35. The summed E-state index contributed by atoms with van der Waals surface area (Å²) in [4.78, 5) is 7.31. The molecule has 1 saturated carbocycles. The molecule has 1 aromatic heterocycles. The van der Waals surface area contributed by atoms with Crippen LogP contribution in [0.4, 0.5) is 5.82 Å². The minimum Gasteiger partial charge on any atom is -0.353 e. The Morgan fingerprint density at radius 3 is 2.90 bits per heavy atom. The average Bonchev–Trinajstić information content (AvgIpc) is 3.02. The minimum absolute atomic E-state index is 0.638. The van der Waals surface area contributed by atoms with Crippen molar-refractivity contribution in [3.63, 3.8) is 0 Å². The highest BCUT2D eigenvalue weighted by atomic mass is 15.2. The molecule has 2 heterocycles. The summed E-state index contributed by atoms with van der Waals surface area (Å²) in [5.41, 5.74) is 1.68. The first-order chi connectivity index (χ1) is 10.4. The fourth-order valence-electron chi connectivity index (χ4n) is 4.14. The van der Waals surface area contributed by atoms with Crippen LogP contribution in [0.5, 0.6) is 0 Å². The van der Waals surface area contributed by atoms with E-state index in [1.54, 1.807) is 0 Å². The van der Waals surface area contributed by atoms with E-state index in [0.717, 1.165) is 34.7 Å². The number of hydrogen-bond donors (Lipinski definition) is 0. The summed E-state index contributed by atoms with van der Waals surface area (Å²) in [6.45, 7) is 1.08. The first-order valence-electron chi connectivity index (χ1n) is 7.93. The van der Waals surface area contributed by atoms with Crippen LogP contribution in [0.2, 0.25) is 0 Å². The Balaban J connectivity index is 1.81. The molecule has 0 spiro atoms. The molecule has 3 nitrogen and oxygen atoms in total. The third-order valence-electron chi connectivity index (χ3n) is 5.11. The number of pyridine rings is 1. The van der Waals surface area contributed by atoms with E-state index in [0.29, 0.717) is 6.04 Å². The van der Waals surface area contributed by atoms with Crippen LogP contribution in [0.25, 0.3) is 10.9 Å². The van der Waals surface area contributed by atoms with Gasteiger partial charge in [0.15, 0.2) is 0 Å². The van der Waals surface area contributed by atoms with Crippen LogP contribution in [0, 0.1) is 17.2 Å². The number of aromatic nitrogens is 1. The molecule has 1 aromatic carbocycles. The molecule has 0 N–H and O–H groups in total. The Bertz CT molecular complexity index is 716. The van der Waals surface area contributed by atoms with E-state index in [4.69, 9.17) is 4.98 Å². The summed E-state index contributed by atoms with van der Waals surface area (Å²) in [6, 6.07) is 12.9. The molecule has 2 atom stereocenters. The van der Waals surface area contributed by atoms with E-state index in [1.807, 2.05) is 30.3 Å². The summed E-state index contributed by atoms with van der Waals surface area (Å²) < 4.78 is 0. The number of nitriles is 1. The van der Waals surface area contributed by atoms with Gasteiger partial charge in [-0.2, -0.15) is 5.26 Å². The van der Waals surface area contributed by atoms with Crippen LogP contribution in [-0.2, 0) is 0 Å². The molecule has 0 radical (unpaired) electrons. The molecule has 21 heavy (non-hydrogen) atoms. The van der Waals surface area contributed by atoms with Gasteiger partial charge in [0, 0.05) is 18.0 Å². The zero-order valence-electron chi connectivity index (χ0n) is 12.1. The SMILES string of the molecule is N#Cc1cc(N2CCCC3CCCC32)nc2ccccc12. The van der Waals surface area contributed by atoms with Crippen LogP contribution in [0.1, 0.15) is 37.7 Å². The zero-order chi connectivity index (χ0) is 14.2. The summed E-state index contributed by atoms with van der Waals surface area (Å²) in [7, 11) is 0. The highest BCUT2D eigenvalue weighted by Crippen LogP contribution is 2.39. The fraction of sp³-hybridized carbons (Fsp3) is 0.444. The number of hydrogen-bond acceptors (Lipinski definition) is 3. The van der Waals surface area contributed by atoms with E-state index >= 15 is 0 Å². The lowest BCUT2D eigenvalue weighted by Crippen LogP contribution is -2.43. The zero-order valence-corrected chi connectivity index (χ0v) is 12.1. The monoisotopic (exact) mass is 277 g/mol. The van der Waals surface area contributed by atoms with Gasteiger partial charge in [-0.15, -0.1) is 0 Å². The molecule has 3 heteroatoms. The molecular weight excluding hydrogens is 258 g/mol. The number of para-hydroxylation sites is 1. The number of benzene rings is 1. The molecule has 1 aliphatic carbocycles. The smallest absolute Gasteiger partial charge is 0.130 e. The van der Waals surface area contributed by atoms with Gasteiger partial charge in [0.1, 0.15) is 5.82 Å². The normalized spacial score (nSPS) is 24.8. The Hall–Kier alpha value is -2.08. The molecule has 4 rings (SSSR count). The second kappa shape index (κ2) is 5.04. The molecule has 2 unspecified atom stereocenters. The lowest BCUT2D eigenvalue weighted by molar-refractivity contribution is 0.361. The molecule has 2 aliphatic rings. The third-order valence-corrected chi connectivity index (χ3v) is 5.11. The second-order valence-electron chi connectivity index (χ2n) is 6.25. The number of nitrogens with zero attached hydrogens (tertiary/aromatic N) is 3. The van der Waals surface area contributed by atoms with Crippen molar-refractivity contribution in [1.29, 1.82) is 5.26 Å². The lowest BCUT2D eigenvalue weighted by atomic mass is 9.92. The topological polar surface area (TPSA) is 39.9 Å². The number of fused-ring (bicyclic) bond motifs is 2. The van der Waals surface area contributed by atoms with Gasteiger partial charge in [0.05, 0.1) is 17.1 Å². The summed E-state index contributed by atoms with van der Waals surface area (Å²) >= 11 is 0. The van der Waals surface area contributed by atoms with Gasteiger partial charge < -0.3 is 4.90 Å². The van der Waals surface area contributed by atoms with Crippen LogP contribution >= 0.6 is 0 Å². The van der Waals surface area contributed by atoms with Crippen molar-refractivity contribution in [3.05, 3.63) is 35.9 Å². The Morgan fingerprint density at radius 1 is 1.14 bits per heavy atom. The van der Waals surface area contributed by atoms with Crippen molar-refractivity contribution in [3.8, 4) is 6.07 Å². The predicted octanol–water partition coefficient (Wildman–Crippen LogP) is 3.88. The Labute approximate surface area is 125 Å². The molecule has 1 aliphatic heterocycles. The van der Waals surface area contributed by atoms with Crippen LogP contribution in [0.15, 0.2) is 30.3 Å². The Kier molecular flexibility index (Phi) is 3.03. The van der Waals surface area contributed by atoms with Gasteiger partial charge in [0.25, 0.3) is 0 Å². The van der Waals surface area contributed by atoms with Crippen molar-refractivity contribution < 1.29 is 0 Å². The van der Waals surface area contributed by atoms with Crippen LogP contribution < -0.4 is 4.90 Å². The molecular formula is C18H19N3. The molecule has 2 fully saturated rings. The van der Waals surface area contributed by atoms with Crippen molar-refractivity contribution in [2.45, 2.75) is 38.1 Å². The maximum atomic E-state index is 9.45. The van der Waals surface area contributed by atoms with Crippen molar-refractivity contribution >= 4 is 16.7 Å². The van der Waals surface area contributed by atoms with Gasteiger partial charge in [-0.1, -0.05) is 24.6 Å². The van der Waals surface area contributed by atoms with E-state index in [-0.39, 0.29) is 0 Å². The molecule has 0 amide bonds. The van der Waals surface area contributed by atoms with Gasteiger partial charge in [-0.3, -0.25) is 0 Å². The summed E-state index contributed by atoms with van der Waals surface area (Å²) in [5, 5.41) is 10.4. The maximum absolute atomic E-state index is 9.45. The predicted molar refractivity (Wildman–Crippen MR) is 84.2 cm³/mol. The van der Waals surface area contributed by atoms with Crippen LogP contribution in [0.3, 0.4) is 0 Å². The van der Waals surface area contributed by atoms with E-state index in [9.17, 15) is 5.26 Å². The second-order valence-corrected chi connectivity index (χ2v) is 6.25. The fourth-order valence-corrected chi connectivity index (χ4v) is 4.14. The van der Waals surface area contributed by atoms with E-state index < -0.39 is 0 Å². The van der Waals surface area contributed by atoms with Gasteiger partial charge in [-0.05, 0) is 43.7 Å². The summed E-state index contributed by atoms with van der Waals surface area (Å²) in [6.07, 6.45) is 6.59.